The maximum atomic E-state index is 5.53. The highest BCUT2D eigenvalue weighted by Crippen LogP contribution is 2.08. The topological polar surface area (TPSA) is 29.3 Å². The molecule has 0 aliphatic carbocycles. The zero-order valence-electron chi connectivity index (χ0n) is 12.4. The van der Waals surface area contributed by atoms with Gasteiger partial charge in [0.05, 0.1) is 4.99 Å². The normalized spacial score (nSPS) is 11.1. The van der Waals surface area contributed by atoms with E-state index in [4.69, 9.17) is 18.0 Å². The Morgan fingerprint density at radius 3 is 1.94 bits per heavy atom. The monoisotopic (exact) mass is 272 g/mol. The number of nitrogens with two attached hydrogens (primary N) is 1. The lowest BCUT2D eigenvalue weighted by molar-refractivity contribution is 0.288. The lowest BCUT2D eigenvalue weighted by atomic mass is 10.1. The summed E-state index contributed by atoms with van der Waals surface area (Å²) in [4.78, 5) is 3.10. The molecular formula is C15H32N2S. The summed E-state index contributed by atoms with van der Waals surface area (Å²) in [5, 5.41) is 0. The molecule has 0 spiro atoms. The first-order chi connectivity index (χ1) is 8.70. The van der Waals surface area contributed by atoms with Gasteiger partial charge in [-0.1, -0.05) is 71.0 Å². The first-order valence-electron chi connectivity index (χ1n) is 7.71. The fourth-order valence-corrected chi connectivity index (χ4v) is 2.26. The highest BCUT2D eigenvalue weighted by molar-refractivity contribution is 7.80. The van der Waals surface area contributed by atoms with Crippen LogP contribution in [0.25, 0.3) is 0 Å². The van der Waals surface area contributed by atoms with Crippen LogP contribution in [0.15, 0.2) is 0 Å². The Hall–Kier alpha value is -0.150. The average Bonchev–Trinajstić information content (AvgIpc) is 2.36. The van der Waals surface area contributed by atoms with Crippen molar-refractivity contribution in [2.75, 3.05) is 19.6 Å². The van der Waals surface area contributed by atoms with E-state index >= 15 is 0 Å². The highest BCUT2D eigenvalue weighted by atomic mass is 32.1. The Kier molecular flexibility index (Phi) is 13.2. The minimum Gasteiger partial charge on any atom is -0.393 e. The maximum Gasteiger partial charge on any atom is 0.0740 e. The maximum absolute atomic E-state index is 5.53. The summed E-state index contributed by atoms with van der Waals surface area (Å²) in [7, 11) is 0. The fraction of sp³-hybridized carbons (Fsp3) is 0.933. The second kappa shape index (κ2) is 13.3. The molecule has 0 radical (unpaired) electrons. The number of rotatable bonds is 13. The Balaban J connectivity index is 3.31. The summed E-state index contributed by atoms with van der Waals surface area (Å²) in [6.45, 7) is 7.83. The lowest BCUT2D eigenvalue weighted by Gasteiger charge is -2.19. The molecule has 0 bridgehead atoms. The third-order valence-electron chi connectivity index (χ3n) is 3.45. The molecule has 0 rings (SSSR count). The van der Waals surface area contributed by atoms with Crippen LogP contribution in [-0.4, -0.2) is 29.5 Å². The van der Waals surface area contributed by atoms with E-state index < -0.39 is 0 Å². The van der Waals surface area contributed by atoms with Gasteiger partial charge in [-0.2, -0.15) is 0 Å². The van der Waals surface area contributed by atoms with Crippen LogP contribution in [0, 0.1) is 0 Å². The van der Waals surface area contributed by atoms with Crippen molar-refractivity contribution in [1.29, 1.82) is 0 Å². The number of hydrogen-bond donors (Lipinski definition) is 1. The molecule has 0 amide bonds. The number of hydrogen-bond acceptors (Lipinski definition) is 2. The summed E-state index contributed by atoms with van der Waals surface area (Å²) >= 11 is 4.92. The average molecular weight is 273 g/mol. The van der Waals surface area contributed by atoms with Crippen LogP contribution in [-0.2, 0) is 0 Å². The van der Waals surface area contributed by atoms with E-state index in [1.807, 2.05) is 0 Å². The molecule has 108 valence electrons. The predicted molar refractivity (Wildman–Crippen MR) is 86.1 cm³/mol. The summed E-state index contributed by atoms with van der Waals surface area (Å²) in [5.41, 5.74) is 5.53. The molecule has 0 saturated carbocycles. The van der Waals surface area contributed by atoms with Gasteiger partial charge in [-0.3, -0.25) is 0 Å². The van der Waals surface area contributed by atoms with Crippen LogP contribution >= 0.6 is 12.2 Å². The third-order valence-corrected chi connectivity index (χ3v) is 3.65. The molecule has 0 atom stereocenters. The van der Waals surface area contributed by atoms with Gasteiger partial charge in [0.15, 0.2) is 0 Å². The molecule has 2 nitrogen and oxygen atoms in total. The van der Waals surface area contributed by atoms with E-state index in [9.17, 15) is 0 Å². The quantitative estimate of drug-likeness (QED) is 0.404. The molecule has 0 saturated heterocycles. The van der Waals surface area contributed by atoms with Crippen LogP contribution in [0.5, 0.6) is 0 Å². The van der Waals surface area contributed by atoms with E-state index in [1.54, 1.807) is 0 Å². The molecule has 0 fully saturated rings. The minimum absolute atomic E-state index is 0.643. The molecular weight excluding hydrogens is 240 g/mol. The minimum atomic E-state index is 0.643. The van der Waals surface area contributed by atoms with Crippen LogP contribution in [0.3, 0.4) is 0 Å². The molecule has 0 unspecified atom stereocenters. The number of unbranched alkanes of at least 4 members (excludes halogenated alkanes) is 7. The summed E-state index contributed by atoms with van der Waals surface area (Å²) in [5.74, 6) is 0. The van der Waals surface area contributed by atoms with Crippen molar-refractivity contribution in [2.24, 2.45) is 5.73 Å². The third kappa shape index (κ3) is 12.3. The van der Waals surface area contributed by atoms with Gasteiger partial charge in [0.2, 0.25) is 0 Å². The van der Waals surface area contributed by atoms with Crippen molar-refractivity contribution in [3.05, 3.63) is 0 Å². The van der Waals surface area contributed by atoms with Crippen molar-refractivity contribution in [3.63, 3.8) is 0 Å². The second-order valence-electron chi connectivity index (χ2n) is 5.13. The number of thiocarbonyl (C=S) groups is 1. The van der Waals surface area contributed by atoms with Crippen molar-refractivity contribution < 1.29 is 0 Å². The van der Waals surface area contributed by atoms with Crippen molar-refractivity contribution in [1.82, 2.24) is 4.90 Å². The molecule has 0 aliphatic heterocycles. The fourth-order valence-electron chi connectivity index (χ4n) is 2.17. The van der Waals surface area contributed by atoms with Crippen molar-refractivity contribution in [2.45, 2.75) is 71.6 Å². The van der Waals surface area contributed by atoms with Crippen LogP contribution < -0.4 is 5.73 Å². The van der Waals surface area contributed by atoms with Gasteiger partial charge in [-0.05, 0) is 19.5 Å². The molecule has 0 aromatic heterocycles. The summed E-state index contributed by atoms with van der Waals surface area (Å²) in [6, 6.07) is 0. The van der Waals surface area contributed by atoms with Gasteiger partial charge in [-0.15, -0.1) is 0 Å². The predicted octanol–water partition coefficient (Wildman–Crippen LogP) is 4.13. The van der Waals surface area contributed by atoms with E-state index in [0.717, 1.165) is 19.5 Å². The first-order valence-corrected chi connectivity index (χ1v) is 8.12. The van der Waals surface area contributed by atoms with E-state index in [2.05, 4.69) is 18.7 Å². The Morgan fingerprint density at radius 1 is 0.889 bits per heavy atom. The van der Waals surface area contributed by atoms with Gasteiger partial charge in [0.1, 0.15) is 0 Å². The molecule has 0 heterocycles. The molecule has 0 aliphatic rings. The molecule has 18 heavy (non-hydrogen) atoms. The summed E-state index contributed by atoms with van der Waals surface area (Å²) < 4.78 is 0. The van der Waals surface area contributed by atoms with E-state index in [0.29, 0.717) is 4.99 Å². The SMILES string of the molecule is CCCCCCCCCCN(CC)CCC(N)=S. The van der Waals surface area contributed by atoms with Gasteiger partial charge in [-0.25, -0.2) is 0 Å². The Labute approximate surface area is 119 Å². The van der Waals surface area contributed by atoms with E-state index in [-0.39, 0.29) is 0 Å². The smallest absolute Gasteiger partial charge is 0.0740 e. The summed E-state index contributed by atoms with van der Waals surface area (Å²) in [6.07, 6.45) is 12.0. The number of nitrogens with zero attached hydrogens (tertiary/aromatic N) is 1. The van der Waals surface area contributed by atoms with Gasteiger partial charge >= 0.3 is 0 Å². The Bertz CT molecular complexity index is 195. The first kappa shape index (κ1) is 17.8. The molecule has 2 N–H and O–H groups in total. The van der Waals surface area contributed by atoms with Crippen molar-refractivity contribution >= 4 is 17.2 Å². The van der Waals surface area contributed by atoms with Gasteiger partial charge in [0.25, 0.3) is 0 Å². The zero-order chi connectivity index (χ0) is 13.6. The lowest BCUT2D eigenvalue weighted by Crippen LogP contribution is -2.28. The highest BCUT2D eigenvalue weighted by Gasteiger charge is 2.02. The molecule has 0 aromatic rings. The zero-order valence-corrected chi connectivity index (χ0v) is 13.2. The van der Waals surface area contributed by atoms with E-state index in [1.165, 1.54) is 57.9 Å². The van der Waals surface area contributed by atoms with Crippen LogP contribution in [0.4, 0.5) is 0 Å². The van der Waals surface area contributed by atoms with Gasteiger partial charge in [0, 0.05) is 13.0 Å². The van der Waals surface area contributed by atoms with Gasteiger partial charge < -0.3 is 10.6 Å². The second-order valence-corrected chi connectivity index (χ2v) is 5.65. The Morgan fingerprint density at radius 2 is 1.44 bits per heavy atom. The largest absolute Gasteiger partial charge is 0.393 e. The standard InChI is InChI=1S/C15H32N2S/c1-3-5-6-7-8-9-10-11-13-17(4-2)14-12-15(16)18/h3-14H2,1-2H3,(H2,16,18). The molecule has 0 aromatic carbocycles. The van der Waals surface area contributed by atoms with Crippen LogP contribution in [0.1, 0.15) is 71.6 Å². The van der Waals surface area contributed by atoms with Crippen LogP contribution in [0.2, 0.25) is 0 Å². The molecule has 3 heteroatoms. The van der Waals surface area contributed by atoms with Crippen molar-refractivity contribution in [3.8, 4) is 0 Å².